The largest absolute Gasteiger partial charge is 0.330 e. The molecule has 2 rings (SSSR count). The van der Waals surface area contributed by atoms with E-state index in [1.54, 1.807) is 0 Å². The summed E-state index contributed by atoms with van der Waals surface area (Å²) in [5.74, 6) is 0.804. The second kappa shape index (κ2) is 5.93. The maximum atomic E-state index is 5.62. The van der Waals surface area contributed by atoms with Crippen LogP contribution in [0.15, 0.2) is 24.3 Å². The monoisotopic (exact) mass is 255 g/mol. The summed E-state index contributed by atoms with van der Waals surface area (Å²) in [4.78, 5) is 9.22. The minimum absolute atomic E-state index is 0.635. The van der Waals surface area contributed by atoms with Gasteiger partial charge in [0.2, 0.25) is 0 Å². The summed E-state index contributed by atoms with van der Waals surface area (Å²) >= 11 is 0. The van der Waals surface area contributed by atoms with Crippen LogP contribution in [0.3, 0.4) is 0 Å². The predicted molar refractivity (Wildman–Crippen MR) is 79.1 cm³/mol. The first-order valence-electron chi connectivity index (χ1n) is 6.79. The quantitative estimate of drug-likeness (QED) is 0.914. The van der Waals surface area contributed by atoms with Crippen LogP contribution in [-0.4, -0.2) is 16.5 Å². The van der Waals surface area contributed by atoms with Crippen molar-refractivity contribution in [2.75, 3.05) is 6.54 Å². The number of benzene rings is 1. The van der Waals surface area contributed by atoms with E-state index >= 15 is 0 Å². The highest BCUT2D eigenvalue weighted by Gasteiger charge is 2.09. The first-order valence-corrected chi connectivity index (χ1v) is 6.79. The van der Waals surface area contributed by atoms with E-state index in [1.165, 1.54) is 11.1 Å². The Bertz CT molecular complexity index is 536. The van der Waals surface area contributed by atoms with Crippen molar-refractivity contribution < 1.29 is 0 Å². The van der Waals surface area contributed by atoms with Crippen molar-refractivity contribution in [1.29, 1.82) is 0 Å². The lowest BCUT2D eigenvalue weighted by Crippen LogP contribution is -2.09. The predicted octanol–water partition coefficient (Wildman–Crippen LogP) is 2.82. The number of nitrogens with two attached hydrogens (primary N) is 1. The molecular weight excluding hydrogens is 234 g/mol. The average molecular weight is 255 g/mol. The van der Waals surface area contributed by atoms with Crippen LogP contribution in [0.5, 0.6) is 0 Å². The molecule has 0 aliphatic rings. The third kappa shape index (κ3) is 2.99. The molecule has 0 bridgehead atoms. The van der Waals surface area contributed by atoms with Gasteiger partial charge in [0.25, 0.3) is 0 Å². The molecule has 0 saturated heterocycles. The van der Waals surface area contributed by atoms with Crippen LogP contribution in [0, 0.1) is 13.8 Å². The van der Waals surface area contributed by atoms with Gasteiger partial charge in [0.05, 0.1) is 0 Å². The summed E-state index contributed by atoms with van der Waals surface area (Å²) in [5.41, 5.74) is 11.3. The molecule has 0 radical (unpaired) electrons. The first kappa shape index (κ1) is 13.7. The molecule has 0 unspecified atom stereocenters. The molecule has 0 atom stereocenters. The third-order valence-corrected chi connectivity index (χ3v) is 3.44. The zero-order valence-corrected chi connectivity index (χ0v) is 11.9. The molecule has 0 amide bonds. The van der Waals surface area contributed by atoms with E-state index in [0.717, 1.165) is 35.6 Å². The molecule has 2 N–H and O–H groups in total. The minimum atomic E-state index is 0.635. The van der Waals surface area contributed by atoms with Gasteiger partial charge in [-0.1, -0.05) is 31.2 Å². The summed E-state index contributed by atoms with van der Waals surface area (Å²) in [6, 6.07) is 8.46. The van der Waals surface area contributed by atoms with E-state index < -0.39 is 0 Å². The van der Waals surface area contributed by atoms with Gasteiger partial charge in [-0.25, -0.2) is 9.97 Å². The van der Waals surface area contributed by atoms with E-state index in [9.17, 15) is 0 Å². The van der Waals surface area contributed by atoms with Crippen molar-refractivity contribution >= 4 is 0 Å². The van der Waals surface area contributed by atoms with Gasteiger partial charge in [0.15, 0.2) is 5.82 Å². The molecule has 19 heavy (non-hydrogen) atoms. The molecule has 100 valence electrons. The third-order valence-electron chi connectivity index (χ3n) is 3.44. The molecule has 0 aliphatic carbocycles. The number of aromatic nitrogens is 2. The Morgan fingerprint density at radius 2 is 1.58 bits per heavy atom. The Hall–Kier alpha value is -1.74. The Labute approximate surface area is 114 Å². The lowest BCUT2D eigenvalue weighted by molar-refractivity contribution is 0.898. The Morgan fingerprint density at radius 1 is 1.00 bits per heavy atom. The van der Waals surface area contributed by atoms with Gasteiger partial charge < -0.3 is 5.73 Å². The van der Waals surface area contributed by atoms with Crippen molar-refractivity contribution in [3.05, 3.63) is 46.8 Å². The number of aryl methyl sites for hydroxylation is 3. The lowest BCUT2D eigenvalue weighted by atomic mass is 10.1. The maximum absolute atomic E-state index is 5.62. The zero-order chi connectivity index (χ0) is 13.8. The fourth-order valence-electron chi connectivity index (χ4n) is 2.26. The molecule has 3 nitrogen and oxygen atoms in total. The van der Waals surface area contributed by atoms with Crippen molar-refractivity contribution in [2.24, 2.45) is 5.73 Å². The van der Waals surface area contributed by atoms with E-state index in [4.69, 9.17) is 5.73 Å². The van der Waals surface area contributed by atoms with Crippen LogP contribution < -0.4 is 5.73 Å². The summed E-state index contributed by atoms with van der Waals surface area (Å²) in [7, 11) is 0. The molecule has 1 heterocycles. The zero-order valence-electron chi connectivity index (χ0n) is 11.9. The van der Waals surface area contributed by atoms with Gasteiger partial charge in [0, 0.05) is 17.0 Å². The van der Waals surface area contributed by atoms with Gasteiger partial charge >= 0.3 is 0 Å². The van der Waals surface area contributed by atoms with Gasteiger partial charge in [0.1, 0.15) is 0 Å². The summed E-state index contributed by atoms with van der Waals surface area (Å²) in [6.07, 6.45) is 1.89. The number of hydrogen-bond acceptors (Lipinski definition) is 3. The van der Waals surface area contributed by atoms with E-state index in [2.05, 4.69) is 41.2 Å². The Morgan fingerprint density at radius 3 is 2.05 bits per heavy atom. The molecule has 0 fully saturated rings. The molecule has 0 spiro atoms. The lowest BCUT2D eigenvalue weighted by Gasteiger charge is -2.10. The second-order valence-corrected chi connectivity index (χ2v) is 4.79. The topological polar surface area (TPSA) is 51.8 Å². The average Bonchev–Trinajstić information content (AvgIpc) is 2.43. The normalized spacial score (nSPS) is 10.7. The molecular formula is C16H21N3. The molecule has 0 saturated carbocycles. The number of nitrogens with zero attached hydrogens (tertiary/aromatic N) is 2. The van der Waals surface area contributed by atoms with Crippen molar-refractivity contribution in [3.8, 4) is 11.4 Å². The first-order chi connectivity index (χ1) is 9.15. The van der Waals surface area contributed by atoms with E-state index in [-0.39, 0.29) is 0 Å². The number of hydrogen-bond donors (Lipinski definition) is 1. The summed E-state index contributed by atoms with van der Waals surface area (Å²) < 4.78 is 0. The molecule has 0 aliphatic heterocycles. The van der Waals surface area contributed by atoms with Crippen LogP contribution in [0.25, 0.3) is 11.4 Å². The second-order valence-electron chi connectivity index (χ2n) is 4.79. The van der Waals surface area contributed by atoms with Gasteiger partial charge in [-0.05, 0) is 44.4 Å². The fraction of sp³-hybridized carbons (Fsp3) is 0.375. The van der Waals surface area contributed by atoms with E-state index in [0.29, 0.717) is 6.54 Å². The highest BCUT2D eigenvalue weighted by Crippen LogP contribution is 2.19. The van der Waals surface area contributed by atoms with Crippen LogP contribution >= 0.6 is 0 Å². The van der Waals surface area contributed by atoms with Crippen LogP contribution in [0.1, 0.15) is 29.4 Å². The maximum Gasteiger partial charge on any atom is 0.159 e. The SMILES string of the molecule is CCc1ccc(-c2nc(C)c(CCN)c(C)n2)cc1. The van der Waals surface area contributed by atoms with Gasteiger partial charge in [-0.15, -0.1) is 0 Å². The molecule has 1 aromatic heterocycles. The highest BCUT2D eigenvalue weighted by molar-refractivity contribution is 5.56. The van der Waals surface area contributed by atoms with Crippen LogP contribution in [0.4, 0.5) is 0 Å². The van der Waals surface area contributed by atoms with E-state index in [1.807, 2.05) is 13.8 Å². The van der Waals surface area contributed by atoms with Crippen molar-refractivity contribution in [2.45, 2.75) is 33.6 Å². The summed E-state index contributed by atoms with van der Waals surface area (Å²) in [6.45, 7) is 6.85. The highest BCUT2D eigenvalue weighted by atomic mass is 14.9. The molecule has 1 aromatic carbocycles. The Kier molecular flexibility index (Phi) is 4.27. The summed E-state index contributed by atoms with van der Waals surface area (Å²) in [5, 5.41) is 0. The minimum Gasteiger partial charge on any atom is -0.330 e. The number of rotatable bonds is 4. The van der Waals surface area contributed by atoms with Gasteiger partial charge in [-0.2, -0.15) is 0 Å². The Balaban J connectivity index is 2.39. The van der Waals surface area contributed by atoms with Crippen molar-refractivity contribution in [1.82, 2.24) is 9.97 Å². The van der Waals surface area contributed by atoms with Crippen LogP contribution in [0.2, 0.25) is 0 Å². The molecule has 3 heteroatoms. The standard InChI is InChI=1S/C16H21N3/c1-4-13-5-7-14(8-6-13)16-18-11(2)15(9-10-17)12(3)19-16/h5-8H,4,9-10,17H2,1-3H3. The fourth-order valence-corrected chi connectivity index (χ4v) is 2.26. The van der Waals surface area contributed by atoms with Crippen molar-refractivity contribution in [3.63, 3.8) is 0 Å². The molecule has 2 aromatic rings. The van der Waals surface area contributed by atoms with Crippen LogP contribution in [-0.2, 0) is 12.8 Å². The smallest absolute Gasteiger partial charge is 0.159 e. The van der Waals surface area contributed by atoms with Gasteiger partial charge in [-0.3, -0.25) is 0 Å².